The highest BCUT2D eigenvalue weighted by Crippen LogP contribution is 2.29. The predicted molar refractivity (Wildman–Crippen MR) is 146 cm³/mol. The molecule has 0 radical (unpaired) electrons. The number of alkyl halides is 4. The lowest BCUT2D eigenvalue weighted by molar-refractivity contribution is -0.274. The summed E-state index contributed by atoms with van der Waals surface area (Å²) in [6, 6.07) is 5.91. The fraction of sp³-hybridized carbons (Fsp3) is 0.444. The van der Waals surface area contributed by atoms with E-state index in [4.69, 9.17) is 16.6 Å². The number of aliphatic imine (C=N–C) groups is 1. The molecule has 0 saturated heterocycles. The van der Waals surface area contributed by atoms with E-state index in [1.807, 2.05) is 26.8 Å². The molecule has 0 aliphatic heterocycles. The Morgan fingerprint density at radius 1 is 1.09 bits per heavy atom. The van der Waals surface area contributed by atoms with Crippen molar-refractivity contribution in [1.29, 1.82) is 0 Å². The average molecular weight is 529 g/mol. The third-order valence-electron chi connectivity index (χ3n) is 5.57. The monoisotopic (exact) mass is 528 g/mol. The lowest BCUT2D eigenvalue weighted by Gasteiger charge is -2.15. The fourth-order valence-electron chi connectivity index (χ4n) is 2.76. The van der Waals surface area contributed by atoms with Crippen LogP contribution in [0.15, 0.2) is 68.9 Å². The van der Waals surface area contributed by atoms with Crippen LogP contribution in [0.1, 0.15) is 66.9 Å². The number of allylic oxidation sites excluding steroid dienone is 5. The first-order valence-electron chi connectivity index (χ1n) is 11.5. The van der Waals surface area contributed by atoms with Crippen molar-refractivity contribution in [3.05, 3.63) is 69.4 Å². The lowest BCUT2D eigenvalue weighted by Crippen LogP contribution is -2.18. The summed E-state index contributed by atoms with van der Waals surface area (Å²) >= 11 is 7.56. The number of ether oxygens (including phenoxy) is 1. The summed E-state index contributed by atoms with van der Waals surface area (Å²) in [7, 11) is 0. The molecule has 0 spiro atoms. The minimum absolute atomic E-state index is 0.245. The maximum Gasteiger partial charge on any atom is 0.573 e. The summed E-state index contributed by atoms with van der Waals surface area (Å²) in [6.45, 7) is 14.7. The van der Waals surface area contributed by atoms with Crippen LogP contribution in [0.2, 0.25) is 0 Å². The van der Waals surface area contributed by atoms with Gasteiger partial charge in [0, 0.05) is 5.70 Å². The molecule has 0 aliphatic carbocycles. The second kappa shape index (κ2) is 15.1. The van der Waals surface area contributed by atoms with Gasteiger partial charge in [-0.15, -0.1) is 24.8 Å². The first kappa shape index (κ1) is 30.9. The van der Waals surface area contributed by atoms with Crippen LogP contribution >= 0.6 is 23.4 Å². The summed E-state index contributed by atoms with van der Waals surface area (Å²) in [5, 5.41) is 6.29. The summed E-state index contributed by atoms with van der Waals surface area (Å²) in [5.41, 5.74) is 6.94. The number of nitrogens with zero attached hydrogens (tertiary/aromatic N) is 1. The van der Waals surface area contributed by atoms with Gasteiger partial charge in [-0.05, 0) is 81.7 Å². The molecule has 1 N–H and O–H groups in total. The van der Waals surface area contributed by atoms with E-state index in [0.29, 0.717) is 12.4 Å². The molecule has 35 heavy (non-hydrogen) atoms. The quantitative estimate of drug-likeness (QED) is 0.176. The Morgan fingerprint density at radius 3 is 2.20 bits per heavy atom. The number of halogens is 4. The first-order chi connectivity index (χ1) is 16.4. The molecule has 3 nitrogen and oxygen atoms in total. The Hall–Kier alpha value is -2.12. The molecule has 8 heteroatoms. The molecule has 0 saturated carbocycles. The molecule has 1 aromatic rings. The van der Waals surface area contributed by atoms with Gasteiger partial charge in [0.25, 0.3) is 0 Å². The van der Waals surface area contributed by atoms with Gasteiger partial charge in [-0.25, -0.2) is 4.99 Å². The normalized spacial score (nSPS) is 15.0. The van der Waals surface area contributed by atoms with Crippen molar-refractivity contribution < 1.29 is 17.9 Å². The van der Waals surface area contributed by atoms with Crippen LogP contribution in [0.25, 0.3) is 5.57 Å². The zero-order chi connectivity index (χ0) is 26.6. The van der Waals surface area contributed by atoms with E-state index in [0.717, 1.165) is 51.6 Å². The van der Waals surface area contributed by atoms with Crippen molar-refractivity contribution in [1.82, 2.24) is 5.32 Å². The third-order valence-corrected chi connectivity index (χ3v) is 7.00. The maximum absolute atomic E-state index is 12.5. The highest BCUT2D eigenvalue weighted by molar-refractivity contribution is 8.16. The minimum Gasteiger partial charge on any atom is -0.406 e. The van der Waals surface area contributed by atoms with Crippen LogP contribution in [0.3, 0.4) is 0 Å². The van der Waals surface area contributed by atoms with Crippen molar-refractivity contribution in [3.63, 3.8) is 0 Å². The Labute approximate surface area is 217 Å². The highest BCUT2D eigenvalue weighted by Gasteiger charge is 2.31. The van der Waals surface area contributed by atoms with Crippen molar-refractivity contribution in [2.24, 2.45) is 4.99 Å². The fourth-order valence-corrected chi connectivity index (χ4v) is 3.98. The maximum atomic E-state index is 12.5. The van der Waals surface area contributed by atoms with Gasteiger partial charge in [-0.1, -0.05) is 55.0 Å². The highest BCUT2D eigenvalue weighted by atomic mass is 35.5. The molecule has 1 aromatic carbocycles. The van der Waals surface area contributed by atoms with E-state index in [-0.39, 0.29) is 5.75 Å². The summed E-state index contributed by atoms with van der Waals surface area (Å²) < 4.78 is 41.5. The van der Waals surface area contributed by atoms with Crippen LogP contribution < -0.4 is 10.1 Å². The third kappa shape index (κ3) is 11.0. The average Bonchev–Trinajstić information content (AvgIpc) is 2.83. The Balaban J connectivity index is 3.47. The molecule has 0 bridgehead atoms. The van der Waals surface area contributed by atoms with E-state index in [1.54, 1.807) is 23.9 Å². The molecular formula is C27H36ClF3N2OS. The molecule has 0 amide bonds. The Kier molecular flexibility index (Phi) is 13.3. The van der Waals surface area contributed by atoms with Crippen molar-refractivity contribution in [2.45, 2.75) is 67.7 Å². The smallest absolute Gasteiger partial charge is 0.406 e. The standard InChI is InChI=1S/C27H36ClF3N2OS/c1-8-18(4)17-35-26(33-25(19(5)9-2)16-32-23(10-3)15-28)21(7)20(6)22-11-13-24(14-12-22)34-27(29,30)31/h10-14,17,32H,8-9,15-16H2,1-7H3/b18-17+,21-20+,23-10-,25-19-,33-26+. The zero-order valence-corrected chi connectivity index (χ0v) is 23.1. The van der Waals surface area contributed by atoms with E-state index in [9.17, 15) is 13.2 Å². The summed E-state index contributed by atoms with van der Waals surface area (Å²) in [4.78, 5) is 5.06. The number of thioether (sulfide) groups is 1. The van der Waals surface area contributed by atoms with Gasteiger partial charge in [0.05, 0.1) is 18.1 Å². The van der Waals surface area contributed by atoms with Gasteiger partial charge in [0.15, 0.2) is 0 Å². The lowest BCUT2D eigenvalue weighted by atomic mass is 10.0. The van der Waals surface area contributed by atoms with Crippen LogP contribution in [-0.2, 0) is 0 Å². The second-order valence-corrected chi connectivity index (χ2v) is 9.18. The van der Waals surface area contributed by atoms with E-state index < -0.39 is 6.36 Å². The molecule has 0 fully saturated rings. The van der Waals surface area contributed by atoms with Crippen LogP contribution in [0.5, 0.6) is 5.75 Å². The van der Waals surface area contributed by atoms with Crippen LogP contribution in [0, 0.1) is 0 Å². The largest absolute Gasteiger partial charge is 0.573 e. The van der Waals surface area contributed by atoms with Gasteiger partial charge < -0.3 is 10.1 Å². The van der Waals surface area contributed by atoms with Crippen molar-refractivity contribution in [2.75, 3.05) is 12.4 Å². The van der Waals surface area contributed by atoms with Gasteiger partial charge in [-0.3, -0.25) is 0 Å². The number of hydrogen-bond donors (Lipinski definition) is 1. The zero-order valence-electron chi connectivity index (χ0n) is 21.6. The Bertz CT molecular complexity index is 991. The molecule has 194 valence electrons. The predicted octanol–water partition coefficient (Wildman–Crippen LogP) is 9.24. The molecule has 0 unspecified atom stereocenters. The minimum atomic E-state index is -4.72. The summed E-state index contributed by atoms with van der Waals surface area (Å²) in [5.74, 6) is 0.149. The van der Waals surface area contributed by atoms with Crippen molar-refractivity contribution >= 4 is 34.0 Å². The molecule has 1 rings (SSSR count). The number of rotatable bonds is 11. The van der Waals surface area contributed by atoms with E-state index in [1.165, 1.54) is 17.7 Å². The number of nitrogens with one attached hydrogen (secondary N) is 1. The van der Waals surface area contributed by atoms with E-state index in [2.05, 4.69) is 43.2 Å². The number of hydrogen-bond acceptors (Lipinski definition) is 4. The first-order valence-corrected chi connectivity index (χ1v) is 13.0. The molecule has 0 heterocycles. The Morgan fingerprint density at radius 2 is 1.71 bits per heavy atom. The topological polar surface area (TPSA) is 33.6 Å². The van der Waals surface area contributed by atoms with Gasteiger partial charge in [-0.2, -0.15) is 0 Å². The van der Waals surface area contributed by atoms with Crippen LogP contribution in [-0.4, -0.2) is 23.8 Å². The molecule has 0 aromatic heterocycles. The van der Waals surface area contributed by atoms with Gasteiger partial charge in [0.1, 0.15) is 10.8 Å². The molecule has 0 aliphatic rings. The SMILES string of the molecule is C/C=C(/CCl)NCC(/N=C(S/C=C(\C)CC)\C(C)=C(/C)c1ccc(OC(F)(F)F)cc1)=C(\C)CC. The van der Waals surface area contributed by atoms with Crippen molar-refractivity contribution in [3.8, 4) is 5.75 Å². The van der Waals surface area contributed by atoms with E-state index >= 15 is 0 Å². The van der Waals surface area contributed by atoms with Gasteiger partial charge in [0.2, 0.25) is 0 Å². The number of benzene rings is 1. The van der Waals surface area contributed by atoms with Gasteiger partial charge >= 0.3 is 6.36 Å². The summed E-state index contributed by atoms with van der Waals surface area (Å²) in [6.07, 6.45) is -0.982. The van der Waals surface area contributed by atoms with Crippen LogP contribution in [0.4, 0.5) is 13.2 Å². The molecule has 0 atom stereocenters. The molecular weight excluding hydrogens is 493 g/mol. The second-order valence-electron chi connectivity index (χ2n) is 8.06.